The van der Waals surface area contributed by atoms with Crippen LogP contribution in [0.5, 0.6) is 23.0 Å². The highest BCUT2D eigenvalue weighted by molar-refractivity contribution is 8.93. The summed E-state index contributed by atoms with van der Waals surface area (Å²) in [4.78, 5) is 6.24. The molecule has 1 saturated carbocycles. The summed E-state index contributed by atoms with van der Waals surface area (Å²) in [6.07, 6.45) is 5.19. The number of hydrogen-bond donors (Lipinski definition) is 0. The lowest BCUT2D eigenvalue weighted by molar-refractivity contribution is 0.282. The second kappa shape index (κ2) is 14.6. The second-order valence-corrected chi connectivity index (χ2v) is 12.1. The van der Waals surface area contributed by atoms with Crippen LogP contribution >= 0.6 is 28.3 Å². The number of methoxy groups -OCH3 is 4. The average molecular weight is 690 g/mol. The van der Waals surface area contributed by atoms with Gasteiger partial charge in [0.2, 0.25) is 0 Å². The van der Waals surface area contributed by atoms with Gasteiger partial charge in [-0.2, -0.15) is 0 Å². The van der Waals surface area contributed by atoms with E-state index in [9.17, 15) is 0 Å². The molecule has 4 aromatic carbocycles. The molecule has 1 fully saturated rings. The van der Waals surface area contributed by atoms with E-state index in [1.165, 1.54) is 39.6 Å². The minimum atomic E-state index is -0.00471. The molecule has 0 spiro atoms. The summed E-state index contributed by atoms with van der Waals surface area (Å²) in [6.45, 7) is 1.52. The molecule has 1 aliphatic carbocycles. The molecule has 0 bridgehead atoms. The first kappa shape index (κ1) is 32.6. The van der Waals surface area contributed by atoms with Crippen molar-refractivity contribution in [2.24, 2.45) is 4.99 Å². The molecule has 0 aliphatic heterocycles. The molecule has 0 N–H and O–H groups in total. The Morgan fingerprint density at radius 1 is 0.711 bits per heavy atom. The number of hydrogen-bond acceptors (Lipinski definition) is 6. The van der Waals surface area contributed by atoms with Gasteiger partial charge >= 0.3 is 0 Å². The van der Waals surface area contributed by atoms with Crippen molar-refractivity contribution in [1.29, 1.82) is 0 Å². The molecule has 8 heteroatoms. The minimum Gasteiger partial charge on any atom is -0.493 e. The summed E-state index contributed by atoms with van der Waals surface area (Å²) in [5.74, 6) is 2.99. The van der Waals surface area contributed by atoms with Crippen molar-refractivity contribution in [2.45, 2.75) is 44.1 Å². The van der Waals surface area contributed by atoms with Crippen LogP contribution in [0.2, 0.25) is 0 Å². The van der Waals surface area contributed by atoms with E-state index in [1.54, 1.807) is 39.8 Å². The lowest BCUT2D eigenvalue weighted by Gasteiger charge is -2.43. The molecule has 1 aliphatic rings. The molecule has 6 nitrogen and oxygen atoms in total. The first-order valence-electron chi connectivity index (χ1n) is 15.2. The van der Waals surface area contributed by atoms with Crippen molar-refractivity contribution in [3.8, 4) is 23.0 Å². The van der Waals surface area contributed by atoms with Crippen molar-refractivity contribution in [3.05, 3.63) is 111 Å². The van der Waals surface area contributed by atoms with Crippen LogP contribution in [0.1, 0.15) is 41.6 Å². The minimum absolute atomic E-state index is 0. The Balaban J connectivity index is 0.00000400. The smallest absolute Gasteiger partial charge is 0.184 e. The number of aryl methyl sites for hydroxylation is 1. The Hall–Kier alpha value is -3.75. The largest absolute Gasteiger partial charge is 0.493 e. The third-order valence-electron chi connectivity index (χ3n) is 8.96. The number of rotatable bonds is 12. The van der Waals surface area contributed by atoms with Crippen molar-refractivity contribution in [1.82, 2.24) is 4.57 Å². The first-order chi connectivity index (χ1) is 21.6. The maximum absolute atomic E-state index is 5.60. The van der Waals surface area contributed by atoms with Gasteiger partial charge in [0.1, 0.15) is 0 Å². The van der Waals surface area contributed by atoms with Crippen LogP contribution in [0.3, 0.4) is 0 Å². The molecule has 236 valence electrons. The predicted molar refractivity (Wildman–Crippen MR) is 188 cm³/mol. The Labute approximate surface area is 280 Å². The van der Waals surface area contributed by atoms with Gasteiger partial charge in [-0.05, 0) is 77.4 Å². The maximum Gasteiger partial charge on any atom is 0.184 e. The number of nitrogens with zero attached hydrogens (tertiary/aromatic N) is 2. The number of ether oxygens (including phenoxy) is 4. The maximum atomic E-state index is 5.60. The van der Waals surface area contributed by atoms with Gasteiger partial charge in [-0.25, -0.2) is 0 Å². The van der Waals surface area contributed by atoms with Crippen LogP contribution in [0.25, 0.3) is 10.8 Å². The van der Waals surface area contributed by atoms with Crippen LogP contribution in [0.15, 0.2) is 89.2 Å². The molecule has 0 amide bonds. The molecule has 1 aromatic heterocycles. The summed E-state index contributed by atoms with van der Waals surface area (Å²) < 4.78 is 24.5. The van der Waals surface area contributed by atoms with E-state index in [4.69, 9.17) is 23.9 Å². The van der Waals surface area contributed by atoms with Gasteiger partial charge < -0.3 is 23.5 Å². The van der Waals surface area contributed by atoms with Crippen LogP contribution in [-0.4, -0.2) is 39.6 Å². The molecule has 45 heavy (non-hydrogen) atoms. The van der Waals surface area contributed by atoms with E-state index in [-0.39, 0.29) is 22.4 Å². The van der Waals surface area contributed by atoms with E-state index >= 15 is 0 Å². The van der Waals surface area contributed by atoms with Crippen LogP contribution in [0.4, 0.5) is 0 Å². The predicted octanol–water partition coefficient (Wildman–Crippen LogP) is 8.17. The van der Waals surface area contributed by atoms with Gasteiger partial charge in [0.05, 0.1) is 28.4 Å². The average Bonchev–Trinajstić information content (AvgIpc) is 3.45. The summed E-state index contributed by atoms with van der Waals surface area (Å²) in [7, 11) is 6.69. The quantitative estimate of drug-likeness (QED) is 0.133. The standard InChI is InChI=1S/C37H40N2O4S.BrH/c1-40-31-14-10-26(22-33(31)42-3)16-20-38-36-39(21-17-27-11-15-32(41-2)34(23-27)43-4)35(25-44-36)37(18-7-19-37)30-13-12-28-8-5-6-9-29(28)24-30;/h5-6,8-15,22-25H,7,16-21H2,1-4H3;1H. The summed E-state index contributed by atoms with van der Waals surface area (Å²) >= 11 is 1.76. The molecule has 6 rings (SSSR count). The third-order valence-corrected chi connectivity index (χ3v) is 9.87. The third kappa shape index (κ3) is 6.63. The van der Waals surface area contributed by atoms with Crippen molar-refractivity contribution >= 4 is 39.1 Å². The number of fused-ring (bicyclic) bond motifs is 1. The molecule has 0 saturated heterocycles. The Kier molecular flexibility index (Phi) is 10.6. The Morgan fingerprint density at radius 3 is 1.93 bits per heavy atom. The molecule has 0 unspecified atom stereocenters. The van der Waals surface area contributed by atoms with Crippen molar-refractivity contribution in [2.75, 3.05) is 35.0 Å². The lowest BCUT2D eigenvalue weighted by Crippen LogP contribution is -2.39. The number of thiazole rings is 1. The van der Waals surface area contributed by atoms with E-state index in [0.717, 1.165) is 60.0 Å². The van der Waals surface area contributed by atoms with E-state index in [0.29, 0.717) is 6.54 Å². The van der Waals surface area contributed by atoms with Gasteiger partial charge in [0, 0.05) is 29.6 Å². The number of halogens is 1. The van der Waals surface area contributed by atoms with Gasteiger partial charge in [-0.1, -0.05) is 61.0 Å². The second-order valence-electron chi connectivity index (χ2n) is 11.3. The van der Waals surface area contributed by atoms with E-state index in [2.05, 4.69) is 70.6 Å². The lowest BCUT2D eigenvalue weighted by atomic mass is 9.62. The normalized spacial score (nSPS) is 14.0. The molecule has 1 heterocycles. The zero-order valence-corrected chi connectivity index (χ0v) is 28.9. The van der Waals surface area contributed by atoms with Crippen LogP contribution < -0.4 is 23.7 Å². The van der Waals surface area contributed by atoms with Gasteiger partial charge in [0.25, 0.3) is 0 Å². The fourth-order valence-electron chi connectivity index (χ4n) is 6.35. The SMILES string of the molecule is Br.COc1ccc(CCN=c2scc(C3(c4ccc5ccccc5c4)CCC3)n2CCc2ccc(OC)c(OC)c2)cc1OC. The molecule has 0 atom stereocenters. The van der Waals surface area contributed by atoms with Crippen LogP contribution in [-0.2, 0) is 24.8 Å². The zero-order chi connectivity index (χ0) is 30.5. The zero-order valence-electron chi connectivity index (χ0n) is 26.4. The summed E-state index contributed by atoms with van der Waals surface area (Å²) in [5, 5.41) is 4.93. The monoisotopic (exact) mass is 688 g/mol. The first-order valence-corrected chi connectivity index (χ1v) is 16.1. The number of aromatic nitrogens is 1. The summed E-state index contributed by atoms with van der Waals surface area (Å²) in [5.41, 5.74) is 5.14. The molecular weight excluding hydrogens is 648 g/mol. The van der Waals surface area contributed by atoms with Gasteiger partial charge in [0.15, 0.2) is 27.8 Å². The highest BCUT2D eigenvalue weighted by Crippen LogP contribution is 2.49. The highest BCUT2D eigenvalue weighted by atomic mass is 79.9. The van der Waals surface area contributed by atoms with E-state index < -0.39 is 0 Å². The van der Waals surface area contributed by atoms with Crippen molar-refractivity contribution in [3.63, 3.8) is 0 Å². The summed E-state index contributed by atoms with van der Waals surface area (Å²) in [6, 6.07) is 28.0. The van der Waals surface area contributed by atoms with E-state index in [1.807, 2.05) is 18.2 Å². The highest BCUT2D eigenvalue weighted by Gasteiger charge is 2.43. The number of benzene rings is 4. The molecule has 0 radical (unpaired) electrons. The van der Waals surface area contributed by atoms with Gasteiger partial charge in [-0.3, -0.25) is 4.99 Å². The Bertz CT molecular complexity index is 1830. The van der Waals surface area contributed by atoms with Crippen molar-refractivity contribution < 1.29 is 18.9 Å². The molecule has 5 aromatic rings. The van der Waals surface area contributed by atoms with Crippen LogP contribution in [0, 0.1) is 0 Å². The Morgan fingerprint density at radius 2 is 1.33 bits per heavy atom. The van der Waals surface area contributed by atoms with Gasteiger partial charge in [-0.15, -0.1) is 28.3 Å². The topological polar surface area (TPSA) is 54.2 Å². The molecular formula is C37H41BrN2O4S. The fourth-order valence-corrected chi connectivity index (χ4v) is 7.41. The fraction of sp³-hybridized carbons (Fsp3) is 0.324.